The summed E-state index contributed by atoms with van der Waals surface area (Å²) in [5.74, 6) is -0.675. The first-order valence-electron chi connectivity index (χ1n) is 12.0. The van der Waals surface area contributed by atoms with Crippen LogP contribution in [0, 0.1) is 5.82 Å². The number of rotatable bonds is 8. The van der Waals surface area contributed by atoms with Gasteiger partial charge < -0.3 is 15.4 Å². The molecule has 3 rings (SSSR count). The predicted octanol–water partition coefficient (Wildman–Crippen LogP) is 3.16. The van der Waals surface area contributed by atoms with Crippen molar-refractivity contribution in [2.24, 2.45) is 5.73 Å². The van der Waals surface area contributed by atoms with Crippen LogP contribution in [0.5, 0.6) is 0 Å². The number of esters is 1. The second-order valence-corrected chi connectivity index (χ2v) is 8.74. The third-order valence-corrected chi connectivity index (χ3v) is 6.50. The van der Waals surface area contributed by atoms with Gasteiger partial charge in [0.2, 0.25) is 5.91 Å². The second-order valence-electron chi connectivity index (χ2n) is 8.74. The zero-order chi connectivity index (χ0) is 24.3. The summed E-state index contributed by atoms with van der Waals surface area (Å²) in [5, 5.41) is 0. The minimum atomic E-state index is -0.485. The van der Waals surface area contributed by atoms with Gasteiger partial charge in [-0.15, -0.1) is 0 Å². The molecule has 184 valence electrons. The second kappa shape index (κ2) is 13.4. The van der Waals surface area contributed by atoms with Gasteiger partial charge in [0, 0.05) is 32.0 Å². The highest BCUT2D eigenvalue weighted by atomic mass is 19.1. The fourth-order valence-electron chi connectivity index (χ4n) is 4.63. The van der Waals surface area contributed by atoms with Crippen molar-refractivity contribution in [1.29, 1.82) is 0 Å². The molecule has 0 aromatic heterocycles. The Hall–Kier alpha value is -2.32. The number of carbonyl (C=O) groups excluding carboxylic acids is 3. The first kappa shape index (κ1) is 26.9. The van der Waals surface area contributed by atoms with Crippen molar-refractivity contribution in [2.45, 2.75) is 64.3 Å². The summed E-state index contributed by atoms with van der Waals surface area (Å²) >= 11 is 0. The summed E-state index contributed by atoms with van der Waals surface area (Å²) in [6.45, 7) is 8.10. The first-order chi connectivity index (χ1) is 15.8. The number of likely N-dealkylation sites (tertiary alicyclic amines) is 2. The Bertz CT molecular complexity index is 770. The van der Waals surface area contributed by atoms with Gasteiger partial charge in [0.1, 0.15) is 11.4 Å². The summed E-state index contributed by atoms with van der Waals surface area (Å²) in [7, 11) is 0. The van der Waals surface area contributed by atoms with Gasteiger partial charge in [0.15, 0.2) is 5.78 Å². The minimum Gasteiger partial charge on any atom is -0.466 e. The van der Waals surface area contributed by atoms with E-state index in [2.05, 4.69) is 14.5 Å². The molecule has 2 saturated heterocycles. The van der Waals surface area contributed by atoms with E-state index in [-0.39, 0.29) is 23.5 Å². The van der Waals surface area contributed by atoms with Crippen molar-refractivity contribution in [3.05, 3.63) is 35.6 Å². The number of benzene rings is 1. The summed E-state index contributed by atoms with van der Waals surface area (Å²) in [5.41, 5.74) is 5.90. The van der Waals surface area contributed by atoms with Crippen LogP contribution in [0.15, 0.2) is 24.3 Å². The van der Waals surface area contributed by atoms with Crippen LogP contribution in [-0.4, -0.2) is 72.3 Å². The minimum absolute atomic E-state index is 0.0480. The molecule has 8 heteroatoms. The molecule has 0 bridgehead atoms. The molecule has 1 aromatic carbocycles. The van der Waals surface area contributed by atoms with E-state index in [9.17, 15) is 18.8 Å². The highest BCUT2D eigenvalue weighted by Gasteiger charge is 2.44. The molecule has 1 aromatic rings. The number of hydrogen-bond acceptors (Lipinski definition) is 6. The lowest BCUT2D eigenvalue weighted by Gasteiger charge is -2.48. The number of nitrogens with two attached hydrogens (primary N) is 1. The topological polar surface area (TPSA) is 92.9 Å². The highest BCUT2D eigenvalue weighted by Crippen LogP contribution is 2.31. The van der Waals surface area contributed by atoms with E-state index in [0.29, 0.717) is 18.6 Å². The number of carbonyl (C=O) groups is 3. The number of ether oxygens (including phenoxy) is 1. The SMILES string of the molecule is CCOC(C)=O.NC(=O)C1(N2CCCCC2)CCN(CCCC(=O)c2ccc(F)cc2)CC1. The molecule has 2 fully saturated rings. The van der Waals surface area contributed by atoms with Gasteiger partial charge in [0.05, 0.1) is 6.61 Å². The molecule has 0 radical (unpaired) electrons. The molecule has 2 heterocycles. The Balaban J connectivity index is 0.000000569. The monoisotopic (exact) mass is 463 g/mol. The zero-order valence-electron chi connectivity index (χ0n) is 20.0. The van der Waals surface area contributed by atoms with Crippen LogP contribution in [0.4, 0.5) is 4.39 Å². The van der Waals surface area contributed by atoms with E-state index in [1.165, 1.54) is 25.5 Å². The van der Waals surface area contributed by atoms with Crippen LogP contribution in [0.3, 0.4) is 0 Å². The molecule has 0 aliphatic carbocycles. The van der Waals surface area contributed by atoms with Crippen LogP contribution >= 0.6 is 0 Å². The van der Waals surface area contributed by atoms with Gasteiger partial charge in [-0.3, -0.25) is 19.3 Å². The maximum absolute atomic E-state index is 12.9. The summed E-state index contributed by atoms with van der Waals surface area (Å²) < 4.78 is 17.3. The number of nitrogens with zero attached hydrogens (tertiary/aromatic N) is 2. The number of hydrogen-bond donors (Lipinski definition) is 1. The molecule has 0 spiro atoms. The van der Waals surface area contributed by atoms with Gasteiger partial charge in [-0.25, -0.2) is 4.39 Å². The predicted molar refractivity (Wildman–Crippen MR) is 125 cm³/mol. The lowest BCUT2D eigenvalue weighted by molar-refractivity contribution is -0.140. The van der Waals surface area contributed by atoms with Gasteiger partial charge in [-0.1, -0.05) is 6.42 Å². The quantitative estimate of drug-likeness (QED) is 0.470. The van der Waals surface area contributed by atoms with E-state index in [1.807, 2.05) is 0 Å². The zero-order valence-corrected chi connectivity index (χ0v) is 20.0. The third-order valence-electron chi connectivity index (χ3n) is 6.50. The fourth-order valence-corrected chi connectivity index (χ4v) is 4.63. The molecular weight excluding hydrogens is 425 g/mol. The van der Waals surface area contributed by atoms with Crippen molar-refractivity contribution in [2.75, 3.05) is 39.3 Å². The average molecular weight is 464 g/mol. The molecular formula is C25H38FN3O4. The normalized spacial score (nSPS) is 18.6. The maximum atomic E-state index is 12.9. The number of ketones is 1. The number of primary amides is 1. The van der Waals surface area contributed by atoms with Gasteiger partial charge in [-0.2, -0.15) is 0 Å². The van der Waals surface area contributed by atoms with Crippen LogP contribution < -0.4 is 5.73 Å². The Kier molecular flexibility index (Phi) is 10.9. The van der Waals surface area contributed by atoms with Gasteiger partial charge >= 0.3 is 5.97 Å². The highest BCUT2D eigenvalue weighted by molar-refractivity contribution is 5.95. The fraction of sp³-hybridized carbons (Fsp3) is 0.640. The molecule has 1 amide bonds. The molecule has 0 saturated carbocycles. The van der Waals surface area contributed by atoms with E-state index < -0.39 is 5.54 Å². The van der Waals surface area contributed by atoms with Gasteiger partial charge in [-0.05, 0) is 82.9 Å². The van der Waals surface area contributed by atoms with Crippen LogP contribution in [-0.2, 0) is 14.3 Å². The third kappa shape index (κ3) is 8.19. The van der Waals surface area contributed by atoms with Crippen molar-refractivity contribution in [3.8, 4) is 0 Å². The van der Waals surface area contributed by atoms with Gasteiger partial charge in [0.25, 0.3) is 0 Å². The van der Waals surface area contributed by atoms with Crippen molar-refractivity contribution in [3.63, 3.8) is 0 Å². The number of amides is 1. The molecule has 33 heavy (non-hydrogen) atoms. The van der Waals surface area contributed by atoms with Crippen molar-refractivity contribution in [1.82, 2.24) is 9.80 Å². The average Bonchev–Trinajstić information content (AvgIpc) is 2.81. The Morgan fingerprint density at radius 3 is 2.12 bits per heavy atom. The number of Topliss-reactive ketones (excluding diaryl/α,β-unsaturated/α-hetero) is 1. The van der Waals surface area contributed by atoms with Crippen LogP contribution in [0.1, 0.15) is 69.2 Å². The Labute approximate surface area is 196 Å². The first-order valence-corrected chi connectivity index (χ1v) is 12.0. The molecule has 2 N–H and O–H groups in total. The molecule has 2 aliphatic heterocycles. The maximum Gasteiger partial charge on any atom is 0.302 e. The smallest absolute Gasteiger partial charge is 0.302 e. The molecule has 7 nitrogen and oxygen atoms in total. The molecule has 2 aliphatic rings. The van der Waals surface area contributed by atoms with Crippen LogP contribution in [0.2, 0.25) is 0 Å². The largest absolute Gasteiger partial charge is 0.466 e. The van der Waals surface area contributed by atoms with Crippen LogP contribution in [0.25, 0.3) is 0 Å². The number of halogens is 1. The van der Waals surface area contributed by atoms with Crippen molar-refractivity contribution < 1.29 is 23.5 Å². The summed E-state index contributed by atoms with van der Waals surface area (Å²) in [6, 6.07) is 5.72. The van der Waals surface area contributed by atoms with E-state index in [4.69, 9.17) is 5.73 Å². The Morgan fingerprint density at radius 1 is 1.03 bits per heavy atom. The summed E-state index contributed by atoms with van der Waals surface area (Å²) in [4.78, 5) is 38.9. The lowest BCUT2D eigenvalue weighted by atomic mass is 9.83. The Morgan fingerprint density at radius 2 is 1.64 bits per heavy atom. The van der Waals surface area contributed by atoms with E-state index in [1.54, 1.807) is 19.1 Å². The van der Waals surface area contributed by atoms with E-state index in [0.717, 1.165) is 64.8 Å². The number of piperidine rings is 2. The molecule has 0 unspecified atom stereocenters. The van der Waals surface area contributed by atoms with E-state index >= 15 is 0 Å². The molecule has 0 atom stereocenters. The lowest BCUT2D eigenvalue weighted by Crippen LogP contribution is -2.63. The summed E-state index contributed by atoms with van der Waals surface area (Å²) in [6.07, 6.45) is 6.29. The van der Waals surface area contributed by atoms with Crippen molar-refractivity contribution >= 4 is 17.7 Å². The standard InChI is InChI=1S/C21H30FN3O2.C4H8O2/c22-18-8-6-17(7-9-18)19(26)5-4-12-24-15-10-21(11-16-24,20(23)27)25-13-2-1-3-14-25;1-3-6-4(2)5/h6-9H,1-5,10-16H2,(H2,23,27);3H2,1-2H3.